The van der Waals surface area contributed by atoms with E-state index in [0.717, 1.165) is 38.9 Å². The van der Waals surface area contributed by atoms with Crippen molar-refractivity contribution in [2.75, 3.05) is 6.54 Å². The third kappa shape index (κ3) is 2.86. The van der Waals surface area contributed by atoms with Gasteiger partial charge in [0.25, 0.3) is 0 Å². The fourth-order valence-electron chi connectivity index (χ4n) is 2.57. The number of nitrogens with one attached hydrogen (secondary N) is 1. The van der Waals surface area contributed by atoms with Gasteiger partial charge in [0.2, 0.25) is 4.96 Å². The summed E-state index contributed by atoms with van der Waals surface area (Å²) in [6.45, 7) is 1.04. The molecule has 0 radical (unpaired) electrons. The summed E-state index contributed by atoms with van der Waals surface area (Å²) in [5, 5.41) is 17.4. The standard InChI is InChI=1S/C14H14ClN5S2/c15-10-4-1-3-9(7-10)8-21-14-19-20-12(11-5-2-6-16-11)17-18-13(20)22-14/h1,3-4,7,11,16H,2,5-6,8H2. The van der Waals surface area contributed by atoms with E-state index in [0.29, 0.717) is 0 Å². The normalized spacial score (nSPS) is 18.3. The van der Waals surface area contributed by atoms with Crippen molar-refractivity contribution in [1.29, 1.82) is 0 Å². The van der Waals surface area contributed by atoms with Crippen molar-refractivity contribution in [2.45, 2.75) is 29.0 Å². The average Bonchev–Trinajstić information content (AvgIpc) is 3.21. The molecule has 0 bridgehead atoms. The van der Waals surface area contributed by atoms with Crippen molar-refractivity contribution in [3.8, 4) is 0 Å². The van der Waals surface area contributed by atoms with Crippen molar-refractivity contribution in [1.82, 2.24) is 25.1 Å². The Bertz CT molecular complexity index is 793. The molecule has 1 fully saturated rings. The van der Waals surface area contributed by atoms with E-state index in [4.69, 9.17) is 11.6 Å². The van der Waals surface area contributed by atoms with E-state index >= 15 is 0 Å². The Balaban J connectivity index is 1.53. The molecule has 1 atom stereocenters. The second-order valence-electron chi connectivity index (χ2n) is 5.19. The van der Waals surface area contributed by atoms with Crippen molar-refractivity contribution < 1.29 is 0 Å². The smallest absolute Gasteiger partial charge is 0.235 e. The van der Waals surface area contributed by atoms with Gasteiger partial charge >= 0.3 is 0 Å². The van der Waals surface area contributed by atoms with E-state index in [1.165, 1.54) is 12.0 Å². The van der Waals surface area contributed by atoms with Crippen LogP contribution in [0.5, 0.6) is 0 Å². The predicted octanol–water partition coefficient (Wildman–Crippen LogP) is 3.56. The second-order valence-corrected chi connectivity index (χ2v) is 7.80. The number of thioether (sulfide) groups is 1. The van der Waals surface area contributed by atoms with Crippen molar-refractivity contribution in [2.24, 2.45) is 0 Å². The predicted molar refractivity (Wildman–Crippen MR) is 89.6 cm³/mol. The molecule has 1 aliphatic rings. The Hall–Kier alpha value is -1.15. The highest BCUT2D eigenvalue weighted by Crippen LogP contribution is 2.30. The molecule has 114 valence electrons. The molecule has 3 heterocycles. The topological polar surface area (TPSA) is 55.1 Å². The number of aromatic nitrogens is 4. The third-order valence-electron chi connectivity index (χ3n) is 3.62. The van der Waals surface area contributed by atoms with Gasteiger partial charge in [-0.2, -0.15) is 4.52 Å². The molecule has 3 aromatic rings. The fourth-order valence-corrected chi connectivity index (χ4v) is 4.61. The largest absolute Gasteiger partial charge is 0.307 e. The summed E-state index contributed by atoms with van der Waals surface area (Å²) in [5.41, 5.74) is 1.20. The van der Waals surface area contributed by atoms with E-state index < -0.39 is 0 Å². The van der Waals surface area contributed by atoms with E-state index in [9.17, 15) is 0 Å². The second kappa shape index (κ2) is 6.16. The zero-order chi connectivity index (χ0) is 14.9. The SMILES string of the molecule is Clc1cccc(CSc2nn3c(C4CCCN4)nnc3s2)c1. The highest BCUT2D eigenvalue weighted by atomic mass is 35.5. The molecular formula is C14H14ClN5S2. The minimum absolute atomic E-state index is 0.280. The van der Waals surface area contributed by atoms with Gasteiger partial charge in [0.15, 0.2) is 10.2 Å². The Kier molecular flexibility index (Phi) is 4.04. The van der Waals surface area contributed by atoms with Gasteiger partial charge < -0.3 is 5.32 Å². The van der Waals surface area contributed by atoms with Crippen LogP contribution >= 0.6 is 34.7 Å². The summed E-state index contributed by atoms with van der Waals surface area (Å²) in [7, 11) is 0. The van der Waals surface area contributed by atoms with Gasteiger partial charge in [-0.1, -0.05) is 46.8 Å². The molecule has 1 N–H and O–H groups in total. The highest BCUT2D eigenvalue weighted by Gasteiger charge is 2.23. The number of fused-ring (bicyclic) bond motifs is 1. The van der Waals surface area contributed by atoms with Crippen LogP contribution in [0.4, 0.5) is 0 Å². The molecule has 0 amide bonds. The maximum Gasteiger partial charge on any atom is 0.235 e. The van der Waals surface area contributed by atoms with Crippen LogP contribution in [0.2, 0.25) is 5.02 Å². The van der Waals surface area contributed by atoms with Crippen LogP contribution in [0.15, 0.2) is 28.6 Å². The number of rotatable bonds is 4. The van der Waals surface area contributed by atoms with Gasteiger partial charge in [-0.25, -0.2) is 0 Å². The first-order chi connectivity index (χ1) is 10.8. The highest BCUT2D eigenvalue weighted by molar-refractivity contribution is 8.00. The van der Waals surface area contributed by atoms with Crippen LogP contribution in [0.3, 0.4) is 0 Å². The van der Waals surface area contributed by atoms with E-state index in [-0.39, 0.29) is 6.04 Å². The molecule has 1 saturated heterocycles. The Morgan fingerprint density at radius 1 is 1.41 bits per heavy atom. The molecule has 0 saturated carbocycles. The quantitative estimate of drug-likeness (QED) is 0.728. The first-order valence-corrected chi connectivity index (χ1v) is 9.30. The summed E-state index contributed by atoms with van der Waals surface area (Å²) in [6, 6.07) is 8.21. The summed E-state index contributed by atoms with van der Waals surface area (Å²) in [5.74, 6) is 1.78. The van der Waals surface area contributed by atoms with Crippen LogP contribution in [0, 0.1) is 0 Å². The molecule has 0 spiro atoms. The van der Waals surface area contributed by atoms with Gasteiger partial charge in [-0.15, -0.1) is 15.3 Å². The van der Waals surface area contributed by atoms with Gasteiger partial charge in [-0.3, -0.25) is 0 Å². The molecule has 4 rings (SSSR count). The van der Waals surface area contributed by atoms with Crippen molar-refractivity contribution in [3.63, 3.8) is 0 Å². The molecule has 1 aliphatic heterocycles. The van der Waals surface area contributed by atoms with Gasteiger partial charge in [0.1, 0.15) is 0 Å². The Labute approximate surface area is 141 Å². The van der Waals surface area contributed by atoms with E-state index in [1.54, 1.807) is 23.1 Å². The lowest BCUT2D eigenvalue weighted by atomic mass is 10.2. The molecule has 1 unspecified atom stereocenters. The number of hydrogen-bond donors (Lipinski definition) is 1. The van der Waals surface area contributed by atoms with Crippen LogP contribution in [-0.2, 0) is 5.75 Å². The van der Waals surface area contributed by atoms with Crippen molar-refractivity contribution in [3.05, 3.63) is 40.7 Å². The molecule has 8 heteroatoms. The molecular weight excluding hydrogens is 338 g/mol. The molecule has 5 nitrogen and oxygen atoms in total. The summed E-state index contributed by atoms with van der Waals surface area (Å²) in [6.07, 6.45) is 2.28. The molecule has 2 aromatic heterocycles. The molecule has 1 aromatic carbocycles. The monoisotopic (exact) mass is 351 g/mol. The number of hydrogen-bond acceptors (Lipinski definition) is 6. The van der Waals surface area contributed by atoms with Crippen LogP contribution in [0.1, 0.15) is 30.3 Å². The zero-order valence-electron chi connectivity index (χ0n) is 11.7. The molecule has 22 heavy (non-hydrogen) atoms. The lowest BCUT2D eigenvalue weighted by molar-refractivity contribution is 0.582. The minimum atomic E-state index is 0.280. The minimum Gasteiger partial charge on any atom is -0.307 e. The summed E-state index contributed by atoms with van der Waals surface area (Å²) >= 11 is 9.30. The van der Waals surface area contributed by atoms with Gasteiger partial charge in [-0.05, 0) is 37.1 Å². The number of benzene rings is 1. The van der Waals surface area contributed by atoms with E-state index in [2.05, 4.69) is 26.7 Å². The van der Waals surface area contributed by atoms with Crippen molar-refractivity contribution >= 4 is 39.7 Å². The average molecular weight is 352 g/mol. The lowest BCUT2D eigenvalue weighted by Gasteiger charge is -2.04. The zero-order valence-corrected chi connectivity index (χ0v) is 14.1. The van der Waals surface area contributed by atoms with Crippen LogP contribution in [0.25, 0.3) is 4.96 Å². The van der Waals surface area contributed by atoms with E-state index in [1.807, 2.05) is 22.7 Å². The van der Waals surface area contributed by atoms with Gasteiger partial charge in [0, 0.05) is 10.8 Å². The Morgan fingerprint density at radius 3 is 3.18 bits per heavy atom. The van der Waals surface area contributed by atoms with Gasteiger partial charge in [0.05, 0.1) is 6.04 Å². The van der Waals surface area contributed by atoms with Crippen LogP contribution in [-0.4, -0.2) is 26.4 Å². The summed E-state index contributed by atoms with van der Waals surface area (Å²) < 4.78 is 2.89. The Morgan fingerprint density at radius 2 is 2.36 bits per heavy atom. The number of halogens is 1. The first kappa shape index (κ1) is 14.4. The third-order valence-corrected chi connectivity index (χ3v) is 5.96. The maximum atomic E-state index is 6.02. The molecule has 0 aliphatic carbocycles. The first-order valence-electron chi connectivity index (χ1n) is 7.12. The van der Waals surface area contributed by atoms with Crippen LogP contribution < -0.4 is 5.32 Å². The maximum absolute atomic E-state index is 6.02. The number of nitrogens with zero attached hydrogens (tertiary/aromatic N) is 4. The fraction of sp³-hybridized carbons (Fsp3) is 0.357. The summed E-state index contributed by atoms with van der Waals surface area (Å²) in [4.78, 5) is 0.859. The lowest BCUT2D eigenvalue weighted by Crippen LogP contribution is -2.16.